The molecule has 0 radical (unpaired) electrons. The van der Waals surface area contributed by atoms with Gasteiger partial charge >= 0.3 is 6.18 Å². The Bertz CT molecular complexity index is 1450. The van der Waals surface area contributed by atoms with Crippen LogP contribution in [-0.4, -0.2) is 64.3 Å². The van der Waals surface area contributed by atoms with Gasteiger partial charge in [0.2, 0.25) is 5.95 Å². The van der Waals surface area contributed by atoms with Crippen molar-refractivity contribution in [2.75, 3.05) is 35.6 Å². The van der Waals surface area contributed by atoms with Crippen molar-refractivity contribution in [3.05, 3.63) is 46.5 Å². The number of thiophene rings is 1. The molecule has 7 nitrogen and oxygen atoms in total. The average Bonchev–Trinajstić information content (AvgIpc) is 3.70. The first-order chi connectivity index (χ1) is 19.6. The van der Waals surface area contributed by atoms with Gasteiger partial charge in [-0.05, 0) is 62.9 Å². The number of amides is 1. The van der Waals surface area contributed by atoms with Crippen molar-refractivity contribution in [2.45, 2.75) is 69.2 Å². The van der Waals surface area contributed by atoms with Crippen LogP contribution in [0, 0.1) is 0 Å². The largest absolute Gasteiger partial charge is 0.420 e. The predicted octanol–water partition coefficient (Wildman–Crippen LogP) is 6.43. The summed E-state index contributed by atoms with van der Waals surface area (Å²) in [5, 5.41) is 6.72. The number of carbonyl (C=O) groups excluding carboxylic acids is 1. The zero-order valence-corrected chi connectivity index (χ0v) is 24.8. The molecule has 1 saturated carbocycles. The maximum absolute atomic E-state index is 14.1. The summed E-state index contributed by atoms with van der Waals surface area (Å²) < 4.78 is 42.3. The fourth-order valence-electron chi connectivity index (χ4n) is 5.65. The highest BCUT2D eigenvalue weighted by molar-refractivity contribution is 7.99. The fourth-order valence-corrected chi connectivity index (χ4v) is 7.97. The Kier molecular flexibility index (Phi) is 7.67. The van der Waals surface area contributed by atoms with Crippen LogP contribution in [0.5, 0.6) is 0 Å². The van der Waals surface area contributed by atoms with Gasteiger partial charge in [0.25, 0.3) is 5.91 Å². The maximum atomic E-state index is 14.1. The van der Waals surface area contributed by atoms with Crippen molar-refractivity contribution in [3.8, 4) is 10.6 Å². The van der Waals surface area contributed by atoms with Crippen molar-refractivity contribution < 1.29 is 18.0 Å². The molecule has 1 saturated heterocycles. The number of aromatic nitrogens is 2. The van der Waals surface area contributed by atoms with E-state index in [2.05, 4.69) is 45.4 Å². The average molecular weight is 603 g/mol. The molecule has 1 amide bonds. The highest BCUT2D eigenvalue weighted by atomic mass is 32.2. The third kappa shape index (κ3) is 5.91. The van der Waals surface area contributed by atoms with E-state index in [0.29, 0.717) is 28.4 Å². The zero-order chi connectivity index (χ0) is 28.9. The lowest BCUT2D eigenvalue weighted by Gasteiger charge is -2.38. The van der Waals surface area contributed by atoms with E-state index >= 15 is 0 Å². The Morgan fingerprint density at radius 3 is 2.59 bits per heavy atom. The molecule has 0 unspecified atom stereocenters. The van der Waals surface area contributed by atoms with Gasteiger partial charge in [-0.3, -0.25) is 4.79 Å². The van der Waals surface area contributed by atoms with E-state index in [1.165, 1.54) is 11.8 Å². The summed E-state index contributed by atoms with van der Waals surface area (Å²) in [5.74, 6) is 0.711. The molecule has 0 spiro atoms. The minimum Gasteiger partial charge on any atom is -0.368 e. The van der Waals surface area contributed by atoms with E-state index in [9.17, 15) is 18.0 Å². The van der Waals surface area contributed by atoms with Gasteiger partial charge in [-0.15, -0.1) is 23.1 Å². The van der Waals surface area contributed by atoms with Gasteiger partial charge < -0.3 is 20.4 Å². The lowest BCUT2D eigenvalue weighted by molar-refractivity contribution is -0.137. The van der Waals surface area contributed by atoms with E-state index in [1.807, 2.05) is 24.0 Å². The molecule has 2 atom stereocenters. The molecular formula is C29H33F3N6OS2. The second kappa shape index (κ2) is 11.1. The number of nitrogens with one attached hydrogen (secondary N) is 2. The Hall–Kier alpha value is -2.83. The van der Waals surface area contributed by atoms with E-state index in [0.717, 1.165) is 77.5 Å². The number of benzene rings is 1. The molecule has 3 aliphatic rings. The number of carbonyl (C=O) groups is 1. The number of fused-ring (bicyclic) bond motifs is 1. The molecule has 2 fully saturated rings. The summed E-state index contributed by atoms with van der Waals surface area (Å²) in [4.78, 5) is 27.4. The van der Waals surface area contributed by atoms with Crippen molar-refractivity contribution in [1.82, 2.24) is 20.2 Å². The molecule has 2 aliphatic heterocycles. The molecule has 41 heavy (non-hydrogen) atoms. The summed E-state index contributed by atoms with van der Waals surface area (Å²) >= 11 is 2.60. The lowest BCUT2D eigenvalue weighted by Crippen LogP contribution is -2.54. The van der Waals surface area contributed by atoms with Crippen LogP contribution in [-0.2, 0) is 12.6 Å². The molecule has 1 aliphatic carbocycles. The van der Waals surface area contributed by atoms with Gasteiger partial charge in [-0.2, -0.15) is 13.2 Å². The number of piperazine rings is 1. The van der Waals surface area contributed by atoms with Gasteiger partial charge in [0.1, 0.15) is 10.4 Å². The molecule has 1 aromatic carbocycles. The minimum atomic E-state index is -4.64. The molecule has 218 valence electrons. The first-order valence-electron chi connectivity index (χ1n) is 14.0. The number of halogens is 3. The van der Waals surface area contributed by atoms with Crippen LogP contribution in [0.3, 0.4) is 0 Å². The Morgan fingerprint density at radius 1 is 1.15 bits per heavy atom. The van der Waals surface area contributed by atoms with Gasteiger partial charge in [-0.1, -0.05) is 6.92 Å². The third-order valence-electron chi connectivity index (χ3n) is 7.70. The summed E-state index contributed by atoms with van der Waals surface area (Å²) in [7, 11) is 0. The van der Waals surface area contributed by atoms with Crippen molar-refractivity contribution in [1.29, 1.82) is 0 Å². The zero-order valence-electron chi connectivity index (χ0n) is 23.2. The number of hydrogen-bond donors (Lipinski definition) is 2. The quantitative estimate of drug-likeness (QED) is 0.337. The van der Waals surface area contributed by atoms with Crippen LogP contribution >= 0.6 is 23.1 Å². The Balaban J connectivity index is 1.32. The highest BCUT2D eigenvalue weighted by Gasteiger charge is 2.39. The number of rotatable bonds is 6. The highest BCUT2D eigenvalue weighted by Crippen LogP contribution is 2.44. The third-order valence-corrected chi connectivity index (χ3v) is 9.98. The molecular weight excluding hydrogens is 569 g/mol. The lowest BCUT2D eigenvalue weighted by atomic mass is 10.1. The number of anilines is 3. The van der Waals surface area contributed by atoms with Crippen LogP contribution in [0.1, 0.15) is 54.4 Å². The van der Waals surface area contributed by atoms with Crippen LogP contribution in [0.2, 0.25) is 0 Å². The van der Waals surface area contributed by atoms with E-state index in [4.69, 9.17) is 0 Å². The summed E-state index contributed by atoms with van der Waals surface area (Å²) in [6.45, 7) is 8.84. The number of hydrogen-bond acceptors (Lipinski definition) is 8. The first-order valence-corrected chi connectivity index (χ1v) is 15.8. The number of thioether (sulfide) groups is 1. The van der Waals surface area contributed by atoms with Crippen molar-refractivity contribution in [2.24, 2.45) is 0 Å². The van der Waals surface area contributed by atoms with Gasteiger partial charge in [0.15, 0.2) is 0 Å². The molecule has 2 N–H and O–H groups in total. The topological polar surface area (TPSA) is 73.4 Å². The Morgan fingerprint density at radius 2 is 1.90 bits per heavy atom. The van der Waals surface area contributed by atoms with Crippen molar-refractivity contribution >= 4 is 46.3 Å². The Labute approximate surface area is 245 Å². The van der Waals surface area contributed by atoms with Gasteiger partial charge in [0, 0.05) is 66.0 Å². The normalized spacial score (nSPS) is 21.6. The van der Waals surface area contributed by atoms with Crippen LogP contribution in [0.4, 0.5) is 30.5 Å². The monoisotopic (exact) mass is 602 g/mol. The molecule has 6 rings (SSSR count). The van der Waals surface area contributed by atoms with Gasteiger partial charge in [0.05, 0.1) is 10.6 Å². The standard InChI is InChI=1S/C29H33F3N6OS2/c1-4-18-11-20(37-14-16(2)34-17(3)15-37)7-8-22(18)35-28-33-13-21(29(30,31)32)25(36-28)23-12-24-26(41-23)27(39)38(9-10-40-24)19-5-6-19/h7-8,11-13,16-17,19,34H,4-6,9-10,14-15H2,1-3H3,(H,33,35,36)/t16-,17-/m0/s1. The van der Waals surface area contributed by atoms with E-state index in [-0.39, 0.29) is 23.6 Å². The SMILES string of the molecule is CCc1cc(N2C[C@H](C)N[C@@H](C)C2)ccc1Nc1ncc(C(F)(F)F)c(-c2cc3c(s2)C(=O)N(C2CC2)CCS3)n1. The molecule has 4 heterocycles. The van der Waals surface area contributed by atoms with Gasteiger partial charge in [-0.25, -0.2) is 9.97 Å². The number of alkyl halides is 3. The summed E-state index contributed by atoms with van der Waals surface area (Å²) in [5.41, 5.74) is 1.77. The number of nitrogens with zero attached hydrogens (tertiary/aromatic N) is 4. The summed E-state index contributed by atoms with van der Waals surface area (Å²) in [6, 6.07) is 8.78. The molecule has 0 bridgehead atoms. The van der Waals surface area contributed by atoms with E-state index < -0.39 is 11.7 Å². The van der Waals surface area contributed by atoms with Crippen LogP contribution in [0.25, 0.3) is 10.6 Å². The second-order valence-corrected chi connectivity index (χ2v) is 13.2. The van der Waals surface area contributed by atoms with Crippen LogP contribution in [0.15, 0.2) is 35.4 Å². The second-order valence-electron chi connectivity index (χ2n) is 11.0. The molecule has 12 heteroatoms. The predicted molar refractivity (Wildman–Crippen MR) is 159 cm³/mol. The molecule has 3 aromatic rings. The smallest absolute Gasteiger partial charge is 0.368 e. The number of aryl methyl sites for hydroxylation is 1. The van der Waals surface area contributed by atoms with Crippen molar-refractivity contribution in [3.63, 3.8) is 0 Å². The molecule has 2 aromatic heterocycles. The summed E-state index contributed by atoms with van der Waals surface area (Å²) in [6.07, 6.45) is -1.10. The fraction of sp³-hybridized carbons (Fsp3) is 0.483. The van der Waals surface area contributed by atoms with Crippen LogP contribution < -0.4 is 15.5 Å². The minimum absolute atomic E-state index is 0.0852. The first kappa shape index (κ1) is 28.3. The van der Waals surface area contributed by atoms with E-state index in [1.54, 1.807) is 6.07 Å². The maximum Gasteiger partial charge on any atom is 0.420 e.